The molecule has 0 saturated carbocycles. The summed E-state index contributed by atoms with van der Waals surface area (Å²) in [5.74, 6) is 0.516. The maximum atomic E-state index is 12.5. The van der Waals surface area contributed by atoms with Gasteiger partial charge >= 0.3 is 6.18 Å². The molecule has 0 aliphatic rings. The standard InChI is InChI=1S/C10H8F3N3OS/c1-17-5-2-3-7(14)16-8(5)9-15-4-6(18-9)10(11,12)13/h2-4H,1H3,(H2,14,16). The van der Waals surface area contributed by atoms with Crippen molar-refractivity contribution in [2.24, 2.45) is 0 Å². The number of nitrogens with two attached hydrogens (primary N) is 1. The lowest BCUT2D eigenvalue weighted by Crippen LogP contribution is -2.00. The SMILES string of the molecule is COc1ccc(N)nc1-c1ncc(C(F)(F)F)s1. The van der Waals surface area contributed by atoms with Crippen molar-refractivity contribution in [2.45, 2.75) is 6.18 Å². The molecule has 0 amide bonds. The summed E-state index contributed by atoms with van der Waals surface area (Å²) >= 11 is 0.497. The number of ether oxygens (including phenoxy) is 1. The Balaban J connectivity index is 2.49. The van der Waals surface area contributed by atoms with Gasteiger partial charge in [-0.05, 0) is 12.1 Å². The van der Waals surface area contributed by atoms with Crippen LogP contribution in [0.1, 0.15) is 4.88 Å². The van der Waals surface area contributed by atoms with Crippen LogP contribution >= 0.6 is 11.3 Å². The Morgan fingerprint density at radius 1 is 1.33 bits per heavy atom. The van der Waals surface area contributed by atoms with Gasteiger partial charge in [0.15, 0.2) is 0 Å². The molecule has 2 heterocycles. The van der Waals surface area contributed by atoms with Crippen LogP contribution in [0.15, 0.2) is 18.3 Å². The van der Waals surface area contributed by atoms with Gasteiger partial charge in [-0.25, -0.2) is 9.97 Å². The molecule has 0 aliphatic carbocycles. The second-order valence-electron chi connectivity index (χ2n) is 3.31. The fraction of sp³-hybridized carbons (Fsp3) is 0.200. The zero-order valence-electron chi connectivity index (χ0n) is 9.15. The first kappa shape index (κ1) is 12.6. The van der Waals surface area contributed by atoms with Crippen molar-refractivity contribution in [3.8, 4) is 16.5 Å². The number of aromatic nitrogens is 2. The van der Waals surface area contributed by atoms with Gasteiger partial charge in [-0.15, -0.1) is 11.3 Å². The van der Waals surface area contributed by atoms with Gasteiger partial charge in [-0.2, -0.15) is 13.2 Å². The van der Waals surface area contributed by atoms with Gasteiger partial charge in [0.1, 0.15) is 27.1 Å². The molecular formula is C10H8F3N3OS. The smallest absolute Gasteiger partial charge is 0.427 e. The molecule has 0 bridgehead atoms. The van der Waals surface area contributed by atoms with E-state index in [9.17, 15) is 13.2 Å². The van der Waals surface area contributed by atoms with E-state index in [0.29, 0.717) is 17.1 Å². The molecule has 0 aliphatic heterocycles. The number of thiazole rings is 1. The van der Waals surface area contributed by atoms with Crippen LogP contribution in [0.5, 0.6) is 5.75 Å². The minimum Gasteiger partial charge on any atom is -0.494 e. The zero-order chi connectivity index (χ0) is 13.3. The molecule has 0 unspecified atom stereocenters. The number of nitrogens with zero attached hydrogens (tertiary/aromatic N) is 2. The fourth-order valence-electron chi connectivity index (χ4n) is 1.29. The normalized spacial score (nSPS) is 11.6. The second kappa shape index (κ2) is 4.45. The molecule has 0 atom stereocenters. The lowest BCUT2D eigenvalue weighted by atomic mass is 10.3. The number of hydrogen-bond donors (Lipinski definition) is 1. The molecule has 2 rings (SSSR count). The number of pyridine rings is 1. The van der Waals surface area contributed by atoms with E-state index in [0.717, 1.165) is 6.20 Å². The highest BCUT2D eigenvalue weighted by Gasteiger charge is 2.33. The van der Waals surface area contributed by atoms with E-state index in [2.05, 4.69) is 9.97 Å². The van der Waals surface area contributed by atoms with E-state index >= 15 is 0 Å². The van der Waals surface area contributed by atoms with Crippen molar-refractivity contribution in [1.82, 2.24) is 9.97 Å². The molecule has 96 valence electrons. The van der Waals surface area contributed by atoms with Crippen LogP contribution in [0.4, 0.5) is 19.0 Å². The Kier molecular flexibility index (Phi) is 3.12. The molecule has 8 heteroatoms. The van der Waals surface area contributed by atoms with Crippen molar-refractivity contribution in [3.05, 3.63) is 23.2 Å². The molecule has 18 heavy (non-hydrogen) atoms. The summed E-state index contributed by atoms with van der Waals surface area (Å²) in [6, 6.07) is 3.03. The first-order valence-corrected chi connectivity index (χ1v) is 5.57. The topological polar surface area (TPSA) is 61.0 Å². The van der Waals surface area contributed by atoms with Gasteiger partial charge in [0.25, 0.3) is 0 Å². The van der Waals surface area contributed by atoms with Gasteiger partial charge in [0, 0.05) is 0 Å². The molecule has 2 aromatic rings. The van der Waals surface area contributed by atoms with Gasteiger partial charge in [-0.3, -0.25) is 0 Å². The summed E-state index contributed by atoms with van der Waals surface area (Å²) in [5, 5.41) is 0.117. The predicted molar refractivity (Wildman–Crippen MR) is 61.3 cm³/mol. The number of halogens is 3. The highest BCUT2D eigenvalue weighted by Crippen LogP contribution is 2.38. The Morgan fingerprint density at radius 2 is 2.06 bits per heavy atom. The lowest BCUT2D eigenvalue weighted by molar-refractivity contribution is -0.134. The van der Waals surface area contributed by atoms with Crippen LogP contribution < -0.4 is 10.5 Å². The number of methoxy groups -OCH3 is 1. The minimum atomic E-state index is -4.41. The largest absolute Gasteiger partial charge is 0.494 e. The average Bonchev–Trinajstić information content (AvgIpc) is 2.77. The summed E-state index contributed by atoms with van der Waals surface area (Å²) in [6.07, 6.45) is -3.65. The van der Waals surface area contributed by atoms with E-state index in [1.807, 2.05) is 0 Å². The molecule has 0 saturated heterocycles. The van der Waals surface area contributed by atoms with E-state index < -0.39 is 11.1 Å². The van der Waals surface area contributed by atoms with Crippen LogP contribution in [0, 0.1) is 0 Å². The summed E-state index contributed by atoms with van der Waals surface area (Å²) in [4.78, 5) is 6.86. The molecule has 4 nitrogen and oxygen atoms in total. The molecule has 0 aromatic carbocycles. The van der Waals surface area contributed by atoms with Gasteiger partial charge in [0.05, 0.1) is 13.3 Å². The number of anilines is 1. The van der Waals surface area contributed by atoms with Crippen LogP contribution in [0.2, 0.25) is 0 Å². The fourth-order valence-corrected chi connectivity index (χ4v) is 2.07. The molecule has 0 fully saturated rings. The van der Waals surface area contributed by atoms with Crippen molar-refractivity contribution in [3.63, 3.8) is 0 Å². The molecular weight excluding hydrogens is 267 g/mol. The van der Waals surface area contributed by atoms with Crippen LogP contribution in [0.25, 0.3) is 10.7 Å². The summed E-state index contributed by atoms with van der Waals surface area (Å²) in [5.41, 5.74) is 5.71. The van der Waals surface area contributed by atoms with E-state index in [-0.39, 0.29) is 16.5 Å². The summed E-state index contributed by atoms with van der Waals surface area (Å²) < 4.78 is 42.4. The predicted octanol–water partition coefficient (Wildman–Crippen LogP) is 2.81. The van der Waals surface area contributed by atoms with Crippen molar-refractivity contribution in [2.75, 3.05) is 12.8 Å². The Bertz CT molecular complexity index is 568. The number of hydrogen-bond acceptors (Lipinski definition) is 5. The average molecular weight is 275 g/mol. The lowest BCUT2D eigenvalue weighted by Gasteiger charge is -2.05. The maximum absolute atomic E-state index is 12.5. The molecule has 2 aromatic heterocycles. The highest BCUT2D eigenvalue weighted by atomic mass is 32.1. The van der Waals surface area contributed by atoms with Gasteiger partial charge < -0.3 is 10.5 Å². The van der Waals surface area contributed by atoms with E-state index in [1.54, 1.807) is 0 Å². The monoisotopic (exact) mass is 275 g/mol. The first-order chi connectivity index (χ1) is 8.41. The first-order valence-electron chi connectivity index (χ1n) is 4.75. The second-order valence-corrected chi connectivity index (χ2v) is 4.35. The van der Waals surface area contributed by atoms with Gasteiger partial charge in [-0.1, -0.05) is 0 Å². The molecule has 0 spiro atoms. The van der Waals surface area contributed by atoms with Crippen molar-refractivity contribution >= 4 is 17.2 Å². The van der Waals surface area contributed by atoms with Crippen LogP contribution in [-0.2, 0) is 6.18 Å². The van der Waals surface area contributed by atoms with E-state index in [4.69, 9.17) is 10.5 Å². The molecule has 0 radical (unpaired) electrons. The van der Waals surface area contributed by atoms with Gasteiger partial charge in [0.2, 0.25) is 0 Å². The molecule has 2 N–H and O–H groups in total. The Morgan fingerprint density at radius 3 is 2.61 bits per heavy atom. The number of alkyl halides is 3. The third-order valence-corrected chi connectivity index (χ3v) is 3.14. The third kappa shape index (κ3) is 2.37. The van der Waals surface area contributed by atoms with Crippen molar-refractivity contribution < 1.29 is 17.9 Å². The maximum Gasteiger partial charge on any atom is 0.427 e. The van der Waals surface area contributed by atoms with Crippen LogP contribution in [-0.4, -0.2) is 17.1 Å². The summed E-state index contributed by atoms with van der Waals surface area (Å²) in [7, 11) is 1.40. The third-order valence-electron chi connectivity index (χ3n) is 2.09. The Labute approximate surface area is 104 Å². The number of nitrogen functional groups attached to an aromatic ring is 1. The minimum absolute atomic E-state index is 0.117. The van der Waals surface area contributed by atoms with Crippen molar-refractivity contribution in [1.29, 1.82) is 0 Å². The number of rotatable bonds is 2. The highest BCUT2D eigenvalue weighted by molar-refractivity contribution is 7.15. The van der Waals surface area contributed by atoms with Crippen LogP contribution in [0.3, 0.4) is 0 Å². The Hall–Kier alpha value is -1.83. The zero-order valence-corrected chi connectivity index (χ0v) is 9.97. The quantitative estimate of drug-likeness (QED) is 0.915. The summed E-state index contributed by atoms with van der Waals surface area (Å²) in [6.45, 7) is 0. The van der Waals surface area contributed by atoms with E-state index in [1.165, 1.54) is 19.2 Å².